The Balaban J connectivity index is 0.000000740. The number of benzene rings is 6. The molecule has 0 radical (unpaired) electrons. The van der Waals surface area contributed by atoms with E-state index < -0.39 is 53.3 Å². The second-order valence-electron chi connectivity index (χ2n) is 19.4. The lowest BCUT2D eigenvalue weighted by molar-refractivity contribution is -0.114. The number of anilines is 1. The van der Waals surface area contributed by atoms with Crippen LogP contribution in [0.5, 0.6) is 28.7 Å². The van der Waals surface area contributed by atoms with Gasteiger partial charge in [-0.15, -0.1) is 5.11 Å². The first-order valence-electron chi connectivity index (χ1n) is 25.2. The van der Waals surface area contributed by atoms with E-state index in [4.69, 9.17) is 9.47 Å². The first-order chi connectivity index (χ1) is 37.4. The van der Waals surface area contributed by atoms with E-state index in [0.717, 1.165) is 43.7 Å². The summed E-state index contributed by atoms with van der Waals surface area (Å²) in [6.45, 7) is 15.2. The number of hydrogen-bond donors (Lipinski definition) is 6. The van der Waals surface area contributed by atoms with Crippen LogP contribution in [-0.4, -0.2) is 71.1 Å². The Labute approximate surface area is 460 Å². The summed E-state index contributed by atoms with van der Waals surface area (Å²) in [6, 6.07) is 34.6. The van der Waals surface area contributed by atoms with Gasteiger partial charge in [0.25, 0.3) is 26.1 Å². The highest BCUT2D eigenvalue weighted by Crippen LogP contribution is 2.46. The van der Waals surface area contributed by atoms with Crippen LogP contribution in [0.15, 0.2) is 172 Å². The molecule has 0 aliphatic heterocycles. The molecule has 20 heteroatoms. The summed E-state index contributed by atoms with van der Waals surface area (Å²) in [7, 11) is -9.99. The molecule has 414 valence electrons. The van der Waals surface area contributed by atoms with Crippen LogP contribution in [0.25, 0.3) is 21.5 Å². The molecule has 6 N–H and O–H groups in total. The van der Waals surface area contributed by atoms with Crippen molar-refractivity contribution in [1.29, 1.82) is 0 Å². The largest absolute Gasteiger partial charge is 0.506 e. The summed E-state index contributed by atoms with van der Waals surface area (Å²) < 4.78 is 81.0. The van der Waals surface area contributed by atoms with Gasteiger partial charge in [-0.2, -0.15) is 21.9 Å². The number of phenols is 2. The third-order valence-electron chi connectivity index (χ3n) is 13.1. The number of azo groups is 1. The smallest absolute Gasteiger partial charge is 0.296 e. The van der Waals surface area contributed by atoms with Crippen LogP contribution in [0.1, 0.15) is 95.6 Å². The molecular formula is C59H64N6O12S2. The number of nitrogens with one attached hydrogen (secondary N) is 2. The van der Waals surface area contributed by atoms with Gasteiger partial charge in [0.05, 0.1) is 28.4 Å². The summed E-state index contributed by atoms with van der Waals surface area (Å²) in [6.07, 6.45) is 10.3. The molecule has 8 aromatic rings. The molecule has 0 fully saturated rings. The van der Waals surface area contributed by atoms with E-state index in [1.54, 1.807) is 49.1 Å². The first kappa shape index (κ1) is 59.9. The maximum atomic E-state index is 13.5. The van der Waals surface area contributed by atoms with Gasteiger partial charge < -0.3 is 30.3 Å². The van der Waals surface area contributed by atoms with Crippen molar-refractivity contribution >= 4 is 70.7 Å². The average molecular weight is 1110 g/mol. The molecule has 0 aliphatic carbocycles. The van der Waals surface area contributed by atoms with Crippen molar-refractivity contribution < 1.29 is 55.2 Å². The van der Waals surface area contributed by atoms with Crippen molar-refractivity contribution in [3.63, 3.8) is 0 Å². The number of hydrogen-bond acceptors (Lipinski definition) is 14. The Morgan fingerprint density at radius 1 is 0.658 bits per heavy atom. The van der Waals surface area contributed by atoms with Gasteiger partial charge in [0, 0.05) is 60.0 Å². The van der Waals surface area contributed by atoms with Crippen molar-refractivity contribution in [1.82, 2.24) is 15.3 Å². The molecule has 0 saturated heterocycles. The zero-order valence-corrected chi connectivity index (χ0v) is 46.5. The normalized spacial score (nSPS) is 11.8. The molecule has 6 aromatic carbocycles. The number of nitrogens with zero attached hydrogens (tertiary/aromatic N) is 4. The maximum Gasteiger partial charge on any atom is 0.296 e. The third kappa shape index (κ3) is 15.9. The molecule has 79 heavy (non-hydrogen) atoms. The predicted octanol–water partition coefficient (Wildman–Crippen LogP) is 13.2. The minimum atomic E-state index is -5.12. The van der Waals surface area contributed by atoms with Gasteiger partial charge in [-0.25, -0.2) is 0 Å². The summed E-state index contributed by atoms with van der Waals surface area (Å²) >= 11 is 0. The second-order valence-corrected chi connectivity index (χ2v) is 22.2. The molecule has 8 rings (SSSR count). The van der Waals surface area contributed by atoms with Crippen molar-refractivity contribution in [2.75, 3.05) is 18.5 Å². The minimum absolute atomic E-state index is 0.00222. The molecule has 2 aromatic heterocycles. The average Bonchev–Trinajstić information content (AvgIpc) is 3.55. The van der Waals surface area contributed by atoms with E-state index in [1.165, 1.54) is 41.5 Å². The Morgan fingerprint density at radius 3 is 1.82 bits per heavy atom. The van der Waals surface area contributed by atoms with Gasteiger partial charge in [-0.05, 0) is 126 Å². The number of carbonyl (C=O) groups is 2. The van der Waals surface area contributed by atoms with Crippen LogP contribution in [0.2, 0.25) is 0 Å². The zero-order chi connectivity index (χ0) is 57.5. The van der Waals surface area contributed by atoms with Crippen molar-refractivity contribution in [2.45, 2.75) is 94.8 Å². The minimum Gasteiger partial charge on any atom is -0.506 e. The van der Waals surface area contributed by atoms with Gasteiger partial charge in [0.15, 0.2) is 5.75 Å². The van der Waals surface area contributed by atoms with Crippen molar-refractivity contribution in [3.8, 4) is 28.7 Å². The fourth-order valence-corrected chi connectivity index (χ4v) is 9.12. The number of rotatable bonds is 18. The molecule has 0 unspecified atom stereocenters. The molecule has 0 spiro atoms. The van der Waals surface area contributed by atoms with Gasteiger partial charge in [-0.1, -0.05) is 90.1 Å². The number of carbonyl (C=O) groups excluding carboxylic acids is 2. The molecule has 2 amide bonds. The second kappa shape index (κ2) is 26.4. The predicted molar refractivity (Wildman–Crippen MR) is 304 cm³/mol. The summed E-state index contributed by atoms with van der Waals surface area (Å²) in [4.78, 5) is 31.4. The summed E-state index contributed by atoms with van der Waals surface area (Å²) in [5, 5.41) is 36.0. The lowest BCUT2D eigenvalue weighted by Crippen LogP contribution is -2.25. The van der Waals surface area contributed by atoms with Gasteiger partial charge in [0.2, 0.25) is 5.91 Å². The number of pyridine rings is 2. The Bertz CT molecular complexity index is 3590. The third-order valence-corrected chi connectivity index (χ3v) is 14.8. The Hall–Kier alpha value is -8.30. The number of fused-ring (bicyclic) bond motifs is 2. The molecule has 0 aliphatic rings. The molecule has 0 bridgehead atoms. The van der Waals surface area contributed by atoms with Crippen LogP contribution in [0, 0.1) is 0 Å². The van der Waals surface area contributed by atoms with Crippen LogP contribution >= 0.6 is 0 Å². The fourth-order valence-electron chi connectivity index (χ4n) is 7.92. The lowest BCUT2D eigenvalue weighted by atomic mass is 9.76. The van der Waals surface area contributed by atoms with Crippen LogP contribution in [-0.2, 0) is 35.9 Å². The molecular weight excluding hydrogens is 1050 g/mol. The van der Waals surface area contributed by atoms with E-state index in [-0.39, 0.29) is 55.8 Å². The van der Waals surface area contributed by atoms with Gasteiger partial charge in [-0.3, -0.25) is 28.7 Å². The molecule has 0 atom stereocenters. The maximum absolute atomic E-state index is 13.5. The number of amides is 2. The highest BCUT2D eigenvalue weighted by Gasteiger charge is 2.28. The molecule has 0 saturated carbocycles. The number of aromatic nitrogens is 2. The van der Waals surface area contributed by atoms with Crippen molar-refractivity contribution in [3.05, 3.63) is 169 Å². The van der Waals surface area contributed by atoms with Gasteiger partial charge >= 0.3 is 0 Å². The highest BCUT2D eigenvalue weighted by molar-refractivity contribution is 7.86. The SMILES string of the molecule is CCC(C)(C)c1ccc(OCCCCNC(=O)c2cc(Oc3ccc(N=Nc4c(S(=O)(=O)O)cc5cc(S(=O)(=O)O)cc(NC(C)=O)c5c4O)cc3)c3ccccc3c2O)c(C(C)(C)CC)c1.c1ccncc1.c1ccncc1. The van der Waals surface area contributed by atoms with Crippen LogP contribution in [0.3, 0.4) is 0 Å². The number of ether oxygens (including phenoxy) is 2. The lowest BCUT2D eigenvalue weighted by Gasteiger charge is -2.30. The van der Waals surface area contributed by atoms with E-state index in [1.807, 2.05) is 36.4 Å². The highest BCUT2D eigenvalue weighted by atomic mass is 32.2. The van der Waals surface area contributed by atoms with Crippen LogP contribution in [0.4, 0.5) is 17.1 Å². The number of unbranched alkanes of at least 4 members (excludes halogenated alkanes) is 1. The topological polar surface area (TPSA) is 276 Å². The summed E-state index contributed by atoms with van der Waals surface area (Å²) in [5.74, 6) is -0.907. The molecule has 18 nitrogen and oxygen atoms in total. The Morgan fingerprint density at radius 2 is 1.28 bits per heavy atom. The van der Waals surface area contributed by atoms with E-state index in [0.29, 0.717) is 36.8 Å². The van der Waals surface area contributed by atoms with E-state index in [2.05, 4.69) is 90.6 Å². The number of aromatic hydroxyl groups is 2. The van der Waals surface area contributed by atoms with Crippen LogP contribution < -0.4 is 20.1 Å². The van der Waals surface area contributed by atoms with E-state index in [9.17, 15) is 45.7 Å². The standard InChI is InChI=1S/C49H54N4O12S2.2C5H5N/c1-8-48(4,5)31-16-21-40(38(26-31)49(6,7)9-2)64-23-13-12-22-50-47(57)37-28-41(35-14-10-11-15-36(35)45(37)55)65-33-19-17-32(18-20-33)52-53-44-42(67(61,62)63)25-30-24-34(66(58,59)60)27-39(51-29(3)54)43(30)46(44)56;2*1-2-4-6-5-3-1/h10-11,14-21,24-28,55-56H,8-9,12-13,22-23H2,1-7H3,(H,50,57)(H,51,54)(H,58,59,60)(H,61,62,63);2*1-5H. The first-order valence-corrected chi connectivity index (χ1v) is 28.1. The zero-order valence-electron chi connectivity index (χ0n) is 44.8. The van der Waals surface area contributed by atoms with E-state index >= 15 is 0 Å². The van der Waals surface area contributed by atoms with Gasteiger partial charge in [0.1, 0.15) is 33.6 Å². The van der Waals surface area contributed by atoms with Crippen molar-refractivity contribution in [2.24, 2.45) is 10.2 Å². The quantitative estimate of drug-likeness (QED) is 0.0265. The fraction of sp³-hybridized carbons (Fsp3) is 0.254. The summed E-state index contributed by atoms with van der Waals surface area (Å²) in [5.41, 5.74) is 1.49. The Kier molecular flexibility index (Phi) is 20.0. The monoisotopic (exact) mass is 1110 g/mol. The molecule has 2 heterocycles. The number of phenolic OH excluding ortho intramolecular Hbond substituents is 2.